The summed E-state index contributed by atoms with van der Waals surface area (Å²) in [5.74, 6) is -3.38. The van der Waals surface area contributed by atoms with Crippen molar-refractivity contribution in [2.24, 2.45) is 5.92 Å². The van der Waals surface area contributed by atoms with Crippen LogP contribution >= 0.6 is 0 Å². The quantitative estimate of drug-likeness (QED) is 0.748. The number of carboxylic acids is 1. The van der Waals surface area contributed by atoms with Crippen LogP contribution in [-0.2, 0) is 9.53 Å². The second-order valence-corrected chi connectivity index (χ2v) is 4.52. The van der Waals surface area contributed by atoms with E-state index in [-0.39, 0.29) is 0 Å². The molecule has 0 aliphatic carbocycles. The van der Waals surface area contributed by atoms with Crippen molar-refractivity contribution in [3.8, 4) is 0 Å². The Morgan fingerprint density at radius 3 is 2.25 bits per heavy atom. The van der Waals surface area contributed by atoms with Gasteiger partial charge in [0.1, 0.15) is 5.60 Å². The molecule has 0 aromatic rings. The molecule has 1 heterocycles. The summed E-state index contributed by atoms with van der Waals surface area (Å²) in [6, 6.07) is 0. The van der Waals surface area contributed by atoms with Crippen LogP contribution in [0.5, 0.6) is 0 Å². The Bertz CT molecular complexity index is 401. The van der Waals surface area contributed by atoms with E-state index in [1.54, 1.807) is 20.8 Å². The number of aliphatic carboxylic acids is 1. The molecule has 1 fully saturated rings. The number of ether oxygens (including phenoxy) is 1. The molecule has 5 nitrogen and oxygen atoms in total. The predicted octanol–water partition coefficient (Wildman–Crippen LogP) is 1.72. The van der Waals surface area contributed by atoms with Crippen LogP contribution in [0.2, 0.25) is 0 Å². The highest BCUT2D eigenvalue weighted by Crippen LogP contribution is 2.19. The number of hydrogen-bond donors (Lipinski definition) is 1. The molecule has 0 unspecified atom stereocenters. The van der Waals surface area contributed by atoms with Gasteiger partial charge in [0.15, 0.2) is 0 Å². The fourth-order valence-electron chi connectivity index (χ4n) is 1.16. The van der Waals surface area contributed by atoms with E-state index in [1.807, 2.05) is 0 Å². The van der Waals surface area contributed by atoms with Crippen LogP contribution in [0.25, 0.3) is 0 Å². The minimum Gasteiger partial charge on any atom is -0.481 e. The van der Waals surface area contributed by atoms with E-state index in [9.17, 15) is 9.59 Å². The van der Waals surface area contributed by atoms with Crippen LogP contribution in [0.15, 0.2) is 0 Å². The summed E-state index contributed by atoms with van der Waals surface area (Å²) >= 11 is 0. The van der Waals surface area contributed by atoms with Gasteiger partial charge in [0.2, 0.25) is 0 Å². The second-order valence-electron chi connectivity index (χ2n) is 4.52. The maximum Gasteiger partial charge on any atom is 0.410 e. The summed E-state index contributed by atoms with van der Waals surface area (Å²) in [6.45, 7) is 3.88. The van der Waals surface area contributed by atoms with E-state index in [1.165, 1.54) is 0 Å². The number of rotatable bonds is 1. The van der Waals surface area contributed by atoms with Crippen molar-refractivity contribution in [3.63, 3.8) is 0 Å². The van der Waals surface area contributed by atoms with E-state index >= 15 is 0 Å². The first-order valence-corrected chi connectivity index (χ1v) is 4.97. The highest BCUT2D eigenvalue weighted by Gasteiger charge is 2.29. The van der Waals surface area contributed by atoms with Crippen molar-refractivity contribution in [1.29, 1.82) is 0 Å². The number of likely N-dealkylation sites (tertiary alicyclic amines) is 1. The lowest BCUT2D eigenvalue weighted by Gasteiger charge is -2.32. The Kier molecular flexibility index (Phi) is 2.34. The fraction of sp³-hybridized carbons (Fsp3) is 0.818. The Morgan fingerprint density at radius 1 is 1.38 bits per heavy atom. The van der Waals surface area contributed by atoms with Crippen molar-refractivity contribution in [2.75, 3.05) is 13.1 Å². The van der Waals surface area contributed by atoms with Crippen molar-refractivity contribution in [3.05, 3.63) is 0 Å². The number of piperidine rings is 1. The summed E-state index contributed by atoms with van der Waals surface area (Å²) in [6.07, 6.45) is -5.59. The van der Waals surface area contributed by atoms with Crippen molar-refractivity contribution < 1.29 is 24.9 Å². The zero-order valence-electron chi connectivity index (χ0n) is 13.6. The lowest BCUT2D eigenvalue weighted by Crippen LogP contribution is -2.42. The zero-order chi connectivity index (χ0) is 15.9. The first kappa shape index (κ1) is 7.92. The largest absolute Gasteiger partial charge is 0.481 e. The van der Waals surface area contributed by atoms with Crippen molar-refractivity contribution >= 4 is 12.1 Å². The van der Waals surface area contributed by atoms with Gasteiger partial charge in [0, 0.05) is 18.6 Å². The highest BCUT2D eigenvalue weighted by atomic mass is 16.6. The van der Waals surface area contributed by atoms with E-state index in [0.717, 1.165) is 4.90 Å². The third-order valence-corrected chi connectivity index (χ3v) is 1.87. The Balaban J connectivity index is 2.98. The molecule has 5 heteroatoms. The topological polar surface area (TPSA) is 66.8 Å². The minimum absolute atomic E-state index is 0.515. The predicted molar refractivity (Wildman–Crippen MR) is 58.2 cm³/mol. The molecule has 1 amide bonds. The zero-order valence-corrected chi connectivity index (χ0v) is 9.61. The Hall–Kier alpha value is -1.26. The molecule has 0 atom stereocenters. The van der Waals surface area contributed by atoms with Gasteiger partial charge in [0.05, 0.1) is 5.92 Å². The molecule has 1 aliphatic rings. The monoisotopic (exact) mass is 233 g/mol. The normalized spacial score (nSPS) is 28.3. The SMILES string of the molecule is [2H]C1([2H])CN(C(=O)OC(C)(C)C)CC([2H])([2H])C1C(=O)O. The van der Waals surface area contributed by atoms with E-state index in [4.69, 9.17) is 15.3 Å². The van der Waals surface area contributed by atoms with Gasteiger partial charge in [-0.3, -0.25) is 4.79 Å². The lowest BCUT2D eigenvalue weighted by molar-refractivity contribution is -0.143. The standard InChI is InChI=1S/C11H19NO4/c1-11(2,3)16-10(15)12-6-4-8(5-7-12)9(13)14/h8H,4-7H2,1-3H3,(H,13,14)/i4D2,5D2. The van der Waals surface area contributed by atoms with E-state index in [0.29, 0.717) is 0 Å². The molecular weight excluding hydrogens is 210 g/mol. The van der Waals surface area contributed by atoms with Crippen molar-refractivity contribution in [1.82, 2.24) is 4.90 Å². The summed E-state index contributed by atoms with van der Waals surface area (Å²) in [5.41, 5.74) is -0.792. The Morgan fingerprint density at radius 2 is 1.88 bits per heavy atom. The molecule has 16 heavy (non-hydrogen) atoms. The van der Waals surface area contributed by atoms with Gasteiger partial charge in [0.25, 0.3) is 0 Å². The van der Waals surface area contributed by atoms with Crippen LogP contribution in [0.4, 0.5) is 4.79 Å². The molecule has 1 N–H and O–H groups in total. The van der Waals surface area contributed by atoms with Gasteiger partial charge in [-0.2, -0.15) is 0 Å². The number of nitrogens with zero attached hydrogens (tertiary/aromatic N) is 1. The van der Waals surface area contributed by atoms with Gasteiger partial charge < -0.3 is 14.7 Å². The van der Waals surface area contributed by atoms with E-state index < -0.39 is 49.4 Å². The highest BCUT2D eigenvalue weighted by molar-refractivity contribution is 5.71. The van der Waals surface area contributed by atoms with Crippen LogP contribution in [0, 0.1) is 5.92 Å². The second kappa shape index (κ2) is 4.72. The minimum atomic E-state index is -2.37. The summed E-state index contributed by atoms with van der Waals surface area (Å²) in [7, 11) is 0. The maximum atomic E-state index is 11.9. The number of amides is 1. The molecule has 0 aromatic heterocycles. The van der Waals surface area contributed by atoms with Gasteiger partial charge in [-0.25, -0.2) is 4.79 Å². The third-order valence-electron chi connectivity index (χ3n) is 1.87. The average Bonchev–Trinajstić information content (AvgIpc) is 2.08. The average molecular weight is 233 g/mol. The van der Waals surface area contributed by atoms with Gasteiger partial charge >= 0.3 is 12.1 Å². The lowest BCUT2D eigenvalue weighted by atomic mass is 9.97. The summed E-state index contributed by atoms with van der Waals surface area (Å²) in [5, 5.41) is 9.01. The fourth-order valence-corrected chi connectivity index (χ4v) is 1.16. The number of carboxylic acid groups (broad SMARTS) is 1. The Labute approximate surface area is 101 Å². The van der Waals surface area contributed by atoms with Gasteiger partial charge in [-0.1, -0.05) is 0 Å². The number of carbonyl (C=O) groups excluding carboxylic acids is 1. The maximum absolute atomic E-state index is 11.9. The first-order valence-electron chi connectivity index (χ1n) is 6.97. The molecule has 0 spiro atoms. The molecule has 0 saturated carbocycles. The summed E-state index contributed by atoms with van der Waals surface area (Å²) in [4.78, 5) is 23.8. The molecule has 0 bridgehead atoms. The molecular formula is C11H19NO4. The number of carbonyl (C=O) groups is 2. The van der Waals surface area contributed by atoms with Crippen LogP contribution in [0.1, 0.15) is 39.0 Å². The first-order chi connectivity index (χ1) is 8.76. The summed E-state index contributed by atoms with van der Waals surface area (Å²) < 4.78 is 35.9. The third kappa shape index (κ3) is 3.72. The van der Waals surface area contributed by atoms with Crippen LogP contribution in [-0.4, -0.2) is 40.8 Å². The van der Waals surface area contributed by atoms with Crippen molar-refractivity contribution in [2.45, 2.75) is 39.1 Å². The molecule has 1 saturated heterocycles. The smallest absolute Gasteiger partial charge is 0.410 e. The van der Waals surface area contributed by atoms with E-state index in [2.05, 4.69) is 0 Å². The van der Waals surface area contributed by atoms with Crippen LogP contribution in [0.3, 0.4) is 0 Å². The van der Waals surface area contributed by atoms with Crippen LogP contribution < -0.4 is 0 Å². The molecule has 92 valence electrons. The molecule has 0 radical (unpaired) electrons. The number of hydrogen-bond acceptors (Lipinski definition) is 3. The van der Waals surface area contributed by atoms with Gasteiger partial charge in [-0.15, -0.1) is 0 Å². The molecule has 0 aromatic carbocycles. The molecule has 1 aliphatic heterocycles. The van der Waals surface area contributed by atoms with Gasteiger partial charge in [-0.05, 0) is 33.5 Å². The molecule has 1 rings (SSSR count).